The lowest BCUT2D eigenvalue weighted by Crippen LogP contribution is -2.36. The van der Waals surface area contributed by atoms with Crippen LogP contribution in [0.4, 0.5) is 23.2 Å². The maximum Gasteiger partial charge on any atom is 0.416 e. The smallest absolute Gasteiger partial charge is 0.416 e. The lowest BCUT2D eigenvalue weighted by molar-refractivity contribution is -0.138. The largest absolute Gasteiger partial charge is 0.480 e. The van der Waals surface area contributed by atoms with Crippen molar-refractivity contribution < 1.29 is 32.3 Å². The molecule has 0 spiro atoms. The first-order chi connectivity index (χ1) is 16.1. The van der Waals surface area contributed by atoms with E-state index in [0.29, 0.717) is 29.3 Å². The number of alkyl halides is 3. The Kier molecular flexibility index (Phi) is 5.87. The van der Waals surface area contributed by atoms with Crippen LogP contribution in [0.25, 0.3) is 17.0 Å². The predicted molar refractivity (Wildman–Crippen MR) is 115 cm³/mol. The third-order valence-corrected chi connectivity index (χ3v) is 5.61. The van der Waals surface area contributed by atoms with Gasteiger partial charge >= 0.3 is 12.1 Å². The average Bonchev–Trinajstić information content (AvgIpc) is 3.11. The summed E-state index contributed by atoms with van der Waals surface area (Å²) in [6, 6.07) is 8.67. The van der Waals surface area contributed by atoms with Gasteiger partial charge in [-0.05, 0) is 54.8 Å². The number of hydrogen-bond donors (Lipinski definition) is 1. The van der Waals surface area contributed by atoms with Gasteiger partial charge in [0.15, 0.2) is 0 Å². The highest BCUT2D eigenvalue weighted by Gasteiger charge is 2.33. The average molecular weight is 471 g/mol. The first-order valence-electron chi connectivity index (χ1n) is 10.2. The SMILES string of the molecule is N#C/C(=C\c1cn(CC(=O)O)c2ccc(F)cc12)C(=O)N1CCCc2ccc(C(F)(F)F)cc21. The van der Waals surface area contributed by atoms with E-state index in [9.17, 15) is 32.4 Å². The summed E-state index contributed by atoms with van der Waals surface area (Å²) in [5.74, 6) is -2.53. The van der Waals surface area contributed by atoms with Gasteiger partial charge in [0.2, 0.25) is 0 Å². The fourth-order valence-electron chi connectivity index (χ4n) is 4.09. The molecule has 34 heavy (non-hydrogen) atoms. The second-order valence-electron chi connectivity index (χ2n) is 7.84. The highest BCUT2D eigenvalue weighted by Crippen LogP contribution is 2.36. The summed E-state index contributed by atoms with van der Waals surface area (Å²) in [4.78, 5) is 25.6. The summed E-state index contributed by atoms with van der Waals surface area (Å²) < 4.78 is 54.9. The Balaban J connectivity index is 1.78. The zero-order chi connectivity index (χ0) is 24.6. The van der Waals surface area contributed by atoms with Gasteiger partial charge in [0.25, 0.3) is 5.91 Å². The van der Waals surface area contributed by atoms with Crippen molar-refractivity contribution >= 4 is 34.5 Å². The molecule has 6 nitrogen and oxygen atoms in total. The molecular weight excluding hydrogens is 454 g/mol. The van der Waals surface area contributed by atoms with Gasteiger partial charge in [-0.25, -0.2) is 4.39 Å². The summed E-state index contributed by atoms with van der Waals surface area (Å²) in [5.41, 5.74) is 0.000925. The van der Waals surface area contributed by atoms with Gasteiger partial charge in [-0.1, -0.05) is 6.07 Å². The van der Waals surface area contributed by atoms with Gasteiger partial charge in [0.1, 0.15) is 24.0 Å². The van der Waals surface area contributed by atoms with E-state index >= 15 is 0 Å². The molecule has 3 aromatic rings. The highest BCUT2D eigenvalue weighted by atomic mass is 19.4. The number of aromatic nitrogens is 1. The highest BCUT2D eigenvalue weighted by molar-refractivity contribution is 6.12. The van der Waals surface area contributed by atoms with Crippen molar-refractivity contribution in [1.29, 1.82) is 5.26 Å². The number of anilines is 1. The summed E-state index contributed by atoms with van der Waals surface area (Å²) in [6.45, 7) is -0.299. The third kappa shape index (κ3) is 4.37. The van der Waals surface area contributed by atoms with Crippen molar-refractivity contribution in [2.24, 2.45) is 0 Å². The quantitative estimate of drug-likeness (QED) is 0.337. The van der Waals surface area contributed by atoms with Crippen LogP contribution in [0.1, 0.15) is 23.1 Å². The Morgan fingerprint density at radius 1 is 1.18 bits per heavy atom. The number of carboxylic acids is 1. The number of carbonyl (C=O) groups excluding carboxylic acids is 1. The monoisotopic (exact) mass is 471 g/mol. The molecule has 1 aliphatic heterocycles. The number of aliphatic carboxylic acids is 1. The van der Waals surface area contributed by atoms with E-state index in [1.807, 2.05) is 0 Å². The molecule has 2 aromatic carbocycles. The van der Waals surface area contributed by atoms with Crippen LogP contribution in [-0.2, 0) is 28.7 Å². The predicted octanol–water partition coefficient (Wildman–Crippen LogP) is 4.77. The third-order valence-electron chi connectivity index (χ3n) is 5.61. The van der Waals surface area contributed by atoms with E-state index in [0.717, 1.165) is 29.2 Å². The second kappa shape index (κ2) is 8.67. The maximum absolute atomic E-state index is 13.9. The van der Waals surface area contributed by atoms with Gasteiger partial charge in [-0.15, -0.1) is 0 Å². The number of carboxylic acid groups (broad SMARTS) is 1. The fraction of sp³-hybridized carbons (Fsp3) is 0.208. The van der Waals surface area contributed by atoms with Gasteiger partial charge < -0.3 is 14.6 Å². The van der Waals surface area contributed by atoms with E-state index in [4.69, 9.17) is 5.11 Å². The number of nitriles is 1. The lowest BCUT2D eigenvalue weighted by atomic mass is 9.98. The van der Waals surface area contributed by atoms with Crippen LogP contribution in [0.2, 0.25) is 0 Å². The first kappa shape index (κ1) is 23.0. The minimum atomic E-state index is -4.59. The Bertz CT molecular complexity index is 1380. The molecule has 1 N–H and O–H groups in total. The molecule has 4 rings (SSSR count). The number of aryl methyl sites for hydroxylation is 1. The van der Waals surface area contributed by atoms with Crippen LogP contribution < -0.4 is 4.90 Å². The second-order valence-corrected chi connectivity index (χ2v) is 7.84. The zero-order valence-corrected chi connectivity index (χ0v) is 17.6. The van der Waals surface area contributed by atoms with E-state index in [-0.39, 0.29) is 23.4 Å². The molecule has 0 bridgehead atoms. The van der Waals surface area contributed by atoms with Crippen LogP contribution in [0.3, 0.4) is 0 Å². The summed E-state index contributed by atoms with van der Waals surface area (Å²) >= 11 is 0. The molecule has 2 heterocycles. The van der Waals surface area contributed by atoms with Crippen molar-refractivity contribution in [1.82, 2.24) is 4.57 Å². The molecule has 1 aliphatic rings. The molecule has 0 radical (unpaired) electrons. The van der Waals surface area contributed by atoms with Crippen LogP contribution in [0.5, 0.6) is 0 Å². The molecule has 0 atom stereocenters. The van der Waals surface area contributed by atoms with Gasteiger partial charge in [-0.2, -0.15) is 18.4 Å². The minimum absolute atomic E-state index is 0.0894. The number of rotatable bonds is 4. The molecular formula is C24H17F4N3O3. The molecule has 0 saturated heterocycles. The summed E-state index contributed by atoms with van der Waals surface area (Å²) in [7, 11) is 0. The van der Waals surface area contributed by atoms with Crippen LogP contribution in [0, 0.1) is 17.1 Å². The molecule has 174 valence electrons. The molecule has 0 unspecified atom stereocenters. The van der Waals surface area contributed by atoms with Crippen molar-refractivity contribution in [3.8, 4) is 6.07 Å². The molecule has 10 heteroatoms. The Labute approximate surface area is 190 Å². The Morgan fingerprint density at radius 2 is 1.94 bits per heavy atom. The maximum atomic E-state index is 13.9. The summed E-state index contributed by atoms with van der Waals surface area (Å²) in [5, 5.41) is 19.1. The van der Waals surface area contributed by atoms with Crippen LogP contribution >= 0.6 is 0 Å². The lowest BCUT2D eigenvalue weighted by Gasteiger charge is -2.30. The van der Waals surface area contributed by atoms with Gasteiger partial charge in [-0.3, -0.25) is 9.59 Å². The molecule has 0 aliphatic carbocycles. The van der Waals surface area contributed by atoms with E-state index in [1.165, 1.54) is 29.0 Å². The Morgan fingerprint density at radius 3 is 2.62 bits per heavy atom. The van der Waals surface area contributed by atoms with E-state index in [2.05, 4.69) is 0 Å². The fourth-order valence-corrected chi connectivity index (χ4v) is 4.09. The van der Waals surface area contributed by atoms with Crippen molar-refractivity contribution in [2.75, 3.05) is 11.4 Å². The van der Waals surface area contributed by atoms with Crippen LogP contribution in [0.15, 0.2) is 48.2 Å². The topological polar surface area (TPSA) is 86.3 Å². The van der Waals surface area contributed by atoms with Crippen LogP contribution in [-0.4, -0.2) is 28.1 Å². The standard InChI is InChI=1S/C24H17F4N3O3/c25-18-5-6-20-19(10-18)16(12-30(20)13-22(32)33)8-15(11-29)23(34)31-7-1-2-14-3-4-17(9-21(14)31)24(26,27)28/h3-6,8-10,12H,1-2,7,13H2,(H,32,33)/b15-8+. The first-order valence-corrected chi connectivity index (χ1v) is 10.2. The number of fused-ring (bicyclic) bond motifs is 2. The number of amides is 1. The summed E-state index contributed by atoms with van der Waals surface area (Å²) in [6.07, 6.45) is -1.01. The number of halogens is 4. The number of carbonyl (C=O) groups is 2. The van der Waals surface area contributed by atoms with Gasteiger partial charge in [0.05, 0.1) is 5.56 Å². The molecule has 1 aromatic heterocycles. The molecule has 1 amide bonds. The number of nitrogens with zero attached hydrogens (tertiary/aromatic N) is 3. The zero-order valence-electron chi connectivity index (χ0n) is 17.6. The normalized spacial score (nSPS) is 14.1. The minimum Gasteiger partial charge on any atom is -0.480 e. The number of hydrogen-bond acceptors (Lipinski definition) is 3. The number of benzene rings is 2. The Hall–Kier alpha value is -4.13. The molecule has 0 saturated carbocycles. The molecule has 0 fully saturated rings. The van der Waals surface area contributed by atoms with Crippen molar-refractivity contribution in [3.63, 3.8) is 0 Å². The van der Waals surface area contributed by atoms with Crippen molar-refractivity contribution in [3.05, 3.63) is 70.7 Å². The van der Waals surface area contributed by atoms with Crippen molar-refractivity contribution in [2.45, 2.75) is 25.6 Å². The van der Waals surface area contributed by atoms with Gasteiger partial charge in [0, 0.05) is 34.9 Å². The van der Waals surface area contributed by atoms with E-state index < -0.39 is 36.0 Å². The van der Waals surface area contributed by atoms with E-state index in [1.54, 1.807) is 6.07 Å².